The number of hydrogen-bond acceptors (Lipinski definition) is 3. The van der Waals surface area contributed by atoms with Crippen LogP contribution < -0.4 is 14.8 Å². The Bertz CT molecular complexity index is 865. The molecule has 7 heteroatoms. The first kappa shape index (κ1) is 21.0. The molecule has 29 heavy (non-hydrogen) atoms. The molecule has 156 valence electrons. The van der Waals surface area contributed by atoms with Crippen molar-refractivity contribution in [1.29, 1.82) is 0 Å². The highest BCUT2D eigenvalue weighted by molar-refractivity contribution is 5.79. The molecule has 0 saturated heterocycles. The Morgan fingerprint density at radius 1 is 1.07 bits per heavy atom. The van der Waals surface area contributed by atoms with Crippen LogP contribution in [0, 0.1) is 5.92 Å². The third kappa shape index (κ3) is 5.43. The fraction of sp³-hybridized carbons (Fsp3) is 0.409. The molecule has 0 radical (unpaired) electrons. The van der Waals surface area contributed by atoms with Crippen LogP contribution in [0.15, 0.2) is 42.5 Å². The number of ether oxygens (including phenoxy) is 2. The molecule has 2 aromatic carbocycles. The Labute approximate surface area is 168 Å². The van der Waals surface area contributed by atoms with Crippen molar-refractivity contribution in [2.24, 2.45) is 5.92 Å². The Balaban J connectivity index is 1.74. The molecule has 3 rings (SSSR count). The van der Waals surface area contributed by atoms with Crippen molar-refractivity contribution in [1.82, 2.24) is 5.32 Å². The molecule has 0 aliphatic carbocycles. The minimum atomic E-state index is -4.43. The van der Waals surface area contributed by atoms with Gasteiger partial charge in [0.25, 0.3) is 0 Å². The summed E-state index contributed by atoms with van der Waals surface area (Å²) in [6, 6.07) is 10.1. The molecule has 0 aromatic heterocycles. The molecule has 0 spiro atoms. The average molecular weight is 407 g/mol. The van der Waals surface area contributed by atoms with Gasteiger partial charge in [-0.2, -0.15) is 13.2 Å². The summed E-state index contributed by atoms with van der Waals surface area (Å²) >= 11 is 0. The van der Waals surface area contributed by atoms with Crippen molar-refractivity contribution < 1.29 is 27.4 Å². The largest absolute Gasteiger partial charge is 0.490 e. The second-order valence-corrected chi connectivity index (χ2v) is 7.42. The number of alkyl halides is 3. The van der Waals surface area contributed by atoms with E-state index in [1.54, 1.807) is 0 Å². The van der Waals surface area contributed by atoms with Crippen molar-refractivity contribution in [3.63, 3.8) is 0 Å². The van der Waals surface area contributed by atoms with Gasteiger partial charge < -0.3 is 14.8 Å². The van der Waals surface area contributed by atoms with Gasteiger partial charge in [0.15, 0.2) is 11.5 Å². The molecular weight excluding hydrogens is 383 g/mol. The van der Waals surface area contributed by atoms with E-state index in [1.807, 2.05) is 32.0 Å². The predicted octanol–water partition coefficient (Wildman–Crippen LogP) is 4.92. The summed E-state index contributed by atoms with van der Waals surface area (Å²) in [7, 11) is 0. The van der Waals surface area contributed by atoms with Crippen molar-refractivity contribution in [2.75, 3.05) is 13.2 Å². The summed E-state index contributed by atoms with van der Waals surface area (Å²) in [5, 5.41) is 2.95. The van der Waals surface area contributed by atoms with E-state index in [4.69, 9.17) is 9.47 Å². The van der Waals surface area contributed by atoms with Crippen molar-refractivity contribution in [3.8, 4) is 11.5 Å². The SMILES string of the molecule is CC(C)[C@@H](NC(=O)Cc1cccc(C(F)(F)F)c1)c1ccc2c(c1)OCCCO2. The number of halogens is 3. The van der Waals surface area contributed by atoms with E-state index >= 15 is 0 Å². The molecule has 1 aliphatic heterocycles. The summed E-state index contributed by atoms with van der Waals surface area (Å²) in [6.07, 6.45) is -3.76. The number of benzene rings is 2. The van der Waals surface area contributed by atoms with Gasteiger partial charge in [0.05, 0.1) is 31.2 Å². The van der Waals surface area contributed by atoms with E-state index < -0.39 is 11.7 Å². The van der Waals surface area contributed by atoms with Crippen LogP contribution in [0.5, 0.6) is 11.5 Å². The Morgan fingerprint density at radius 3 is 2.48 bits per heavy atom. The fourth-order valence-electron chi connectivity index (χ4n) is 3.28. The predicted molar refractivity (Wildman–Crippen MR) is 103 cm³/mol. The maximum Gasteiger partial charge on any atom is 0.416 e. The van der Waals surface area contributed by atoms with E-state index in [9.17, 15) is 18.0 Å². The lowest BCUT2D eigenvalue weighted by Crippen LogP contribution is -2.33. The van der Waals surface area contributed by atoms with Crippen LogP contribution in [0.4, 0.5) is 13.2 Å². The summed E-state index contributed by atoms with van der Waals surface area (Å²) < 4.78 is 50.0. The van der Waals surface area contributed by atoms with Gasteiger partial charge in [0.1, 0.15) is 0 Å². The molecule has 0 unspecified atom stereocenters. The Morgan fingerprint density at radius 2 is 1.79 bits per heavy atom. The highest BCUT2D eigenvalue weighted by atomic mass is 19.4. The van der Waals surface area contributed by atoms with Crippen LogP contribution in [0.3, 0.4) is 0 Å². The summed E-state index contributed by atoms with van der Waals surface area (Å²) in [5.41, 5.74) is 0.422. The van der Waals surface area contributed by atoms with Crippen LogP contribution in [-0.2, 0) is 17.4 Å². The quantitative estimate of drug-likeness (QED) is 0.765. The van der Waals surface area contributed by atoms with E-state index in [1.165, 1.54) is 12.1 Å². The topological polar surface area (TPSA) is 47.6 Å². The zero-order chi connectivity index (χ0) is 21.0. The number of fused-ring (bicyclic) bond motifs is 1. The molecule has 0 saturated carbocycles. The third-order valence-corrected chi connectivity index (χ3v) is 4.73. The first-order valence-corrected chi connectivity index (χ1v) is 9.59. The fourth-order valence-corrected chi connectivity index (χ4v) is 3.28. The maximum atomic E-state index is 12.9. The number of carbonyl (C=O) groups is 1. The third-order valence-electron chi connectivity index (χ3n) is 4.73. The molecule has 1 atom stereocenters. The van der Waals surface area contributed by atoms with Gasteiger partial charge in [-0.05, 0) is 35.2 Å². The van der Waals surface area contributed by atoms with Gasteiger partial charge in [-0.1, -0.05) is 38.1 Å². The molecule has 1 aliphatic rings. The van der Waals surface area contributed by atoms with Gasteiger partial charge in [-0.15, -0.1) is 0 Å². The number of amides is 1. The number of rotatable bonds is 5. The summed E-state index contributed by atoms with van der Waals surface area (Å²) in [4.78, 5) is 12.6. The minimum Gasteiger partial charge on any atom is -0.490 e. The van der Waals surface area contributed by atoms with Crippen molar-refractivity contribution >= 4 is 5.91 Å². The van der Waals surface area contributed by atoms with Crippen LogP contribution in [0.1, 0.15) is 43.0 Å². The molecule has 1 N–H and O–H groups in total. The lowest BCUT2D eigenvalue weighted by Gasteiger charge is -2.24. The highest BCUT2D eigenvalue weighted by Crippen LogP contribution is 2.34. The molecule has 1 amide bonds. The van der Waals surface area contributed by atoms with Crippen molar-refractivity contribution in [3.05, 3.63) is 59.2 Å². The minimum absolute atomic E-state index is 0.0743. The van der Waals surface area contributed by atoms with Gasteiger partial charge in [-0.25, -0.2) is 0 Å². The number of nitrogens with one attached hydrogen (secondary N) is 1. The molecule has 1 heterocycles. The first-order chi connectivity index (χ1) is 13.7. The van der Waals surface area contributed by atoms with Gasteiger partial charge in [0, 0.05) is 6.42 Å². The zero-order valence-electron chi connectivity index (χ0n) is 16.4. The monoisotopic (exact) mass is 407 g/mol. The van der Waals surface area contributed by atoms with Crippen LogP contribution in [0.25, 0.3) is 0 Å². The second-order valence-electron chi connectivity index (χ2n) is 7.42. The summed E-state index contributed by atoms with van der Waals surface area (Å²) in [5.74, 6) is 1.04. The van der Waals surface area contributed by atoms with Crippen LogP contribution >= 0.6 is 0 Å². The number of carbonyl (C=O) groups excluding carboxylic acids is 1. The van der Waals surface area contributed by atoms with Gasteiger partial charge in [-0.3, -0.25) is 4.79 Å². The molecule has 0 fully saturated rings. The van der Waals surface area contributed by atoms with Gasteiger partial charge >= 0.3 is 6.18 Å². The standard InChI is InChI=1S/C22H24F3NO3/c1-14(2)21(16-7-8-18-19(13-16)29-10-4-9-28-18)26-20(27)12-15-5-3-6-17(11-15)22(23,24)25/h3,5-8,11,13-14,21H,4,9-10,12H2,1-2H3,(H,26,27)/t21-/m1/s1. The lowest BCUT2D eigenvalue weighted by atomic mass is 9.95. The smallest absolute Gasteiger partial charge is 0.416 e. The Hall–Kier alpha value is -2.70. The highest BCUT2D eigenvalue weighted by Gasteiger charge is 2.30. The number of hydrogen-bond donors (Lipinski definition) is 1. The second kappa shape index (κ2) is 8.76. The first-order valence-electron chi connectivity index (χ1n) is 9.59. The normalized spacial score (nSPS) is 15.0. The average Bonchev–Trinajstić information content (AvgIpc) is 2.90. The van der Waals surface area contributed by atoms with Crippen LogP contribution in [0.2, 0.25) is 0 Å². The van der Waals surface area contributed by atoms with E-state index in [0.717, 1.165) is 24.1 Å². The summed E-state index contributed by atoms with van der Waals surface area (Å²) in [6.45, 7) is 5.09. The zero-order valence-corrected chi connectivity index (χ0v) is 16.4. The lowest BCUT2D eigenvalue weighted by molar-refractivity contribution is -0.137. The van der Waals surface area contributed by atoms with E-state index in [2.05, 4.69) is 5.32 Å². The Kier molecular flexibility index (Phi) is 6.35. The molecule has 2 aromatic rings. The van der Waals surface area contributed by atoms with Crippen molar-refractivity contribution in [2.45, 2.75) is 38.9 Å². The van der Waals surface area contributed by atoms with E-state index in [0.29, 0.717) is 30.3 Å². The van der Waals surface area contributed by atoms with Crippen LogP contribution in [-0.4, -0.2) is 19.1 Å². The molecule has 4 nitrogen and oxygen atoms in total. The molecular formula is C22H24F3NO3. The van der Waals surface area contributed by atoms with E-state index in [-0.39, 0.29) is 24.3 Å². The maximum absolute atomic E-state index is 12.9. The van der Waals surface area contributed by atoms with Gasteiger partial charge in [0.2, 0.25) is 5.91 Å². The molecule has 0 bridgehead atoms.